The Kier molecular flexibility index (Phi) is 4.20. The van der Waals surface area contributed by atoms with Gasteiger partial charge in [0.15, 0.2) is 0 Å². The molecule has 27 heavy (non-hydrogen) atoms. The molecule has 0 unspecified atom stereocenters. The minimum absolute atomic E-state index is 0.0554. The zero-order valence-corrected chi connectivity index (χ0v) is 15.5. The van der Waals surface area contributed by atoms with Crippen LogP contribution < -0.4 is 10.9 Å². The SMILES string of the molecule is Cc1ccc(NC(=O)Cn2ncc3c(=O)oc4ccc(C)cc4c32)c(Cl)c1. The van der Waals surface area contributed by atoms with Crippen LogP contribution in [0.1, 0.15) is 11.1 Å². The lowest BCUT2D eigenvalue weighted by Crippen LogP contribution is -2.20. The van der Waals surface area contributed by atoms with Gasteiger partial charge >= 0.3 is 5.63 Å². The summed E-state index contributed by atoms with van der Waals surface area (Å²) in [4.78, 5) is 24.7. The lowest BCUT2D eigenvalue weighted by molar-refractivity contribution is -0.116. The molecule has 0 aliphatic carbocycles. The fourth-order valence-electron chi connectivity index (χ4n) is 3.06. The van der Waals surface area contributed by atoms with Crippen molar-refractivity contribution in [1.82, 2.24) is 9.78 Å². The number of fused-ring (bicyclic) bond motifs is 3. The number of hydrogen-bond donors (Lipinski definition) is 1. The summed E-state index contributed by atoms with van der Waals surface area (Å²) in [7, 11) is 0. The molecule has 2 aromatic carbocycles. The third-order valence-electron chi connectivity index (χ3n) is 4.34. The summed E-state index contributed by atoms with van der Waals surface area (Å²) in [5.74, 6) is -0.292. The van der Waals surface area contributed by atoms with E-state index in [0.29, 0.717) is 27.2 Å². The fourth-order valence-corrected chi connectivity index (χ4v) is 3.34. The summed E-state index contributed by atoms with van der Waals surface area (Å²) in [6.45, 7) is 3.81. The van der Waals surface area contributed by atoms with E-state index < -0.39 is 5.63 Å². The minimum atomic E-state index is -0.477. The average Bonchev–Trinajstić information content (AvgIpc) is 3.03. The number of hydrogen-bond acceptors (Lipinski definition) is 4. The molecule has 1 N–H and O–H groups in total. The van der Waals surface area contributed by atoms with Crippen molar-refractivity contribution in [3.8, 4) is 0 Å². The third kappa shape index (κ3) is 3.19. The zero-order valence-electron chi connectivity index (χ0n) is 14.7. The van der Waals surface area contributed by atoms with Gasteiger partial charge in [0.25, 0.3) is 0 Å². The van der Waals surface area contributed by atoms with Crippen LogP contribution in [0.5, 0.6) is 0 Å². The highest BCUT2D eigenvalue weighted by Crippen LogP contribution is 2.25. The molecule has 4 aromatic rings. The van der Waals surface area contributed by atoms with E-state index in [1.54, 1.807) is 18.2 Å². The maximum atomic E-state index is 12.5. The van der Waals surface area contributed by atoms with Crippen LogP contribution in [0.15, 0.2) is 51.8 Å². The molecule has 0 fully saturated rings. The highest BCUT2D eigenvalue weighted by molar-refractivity contribution is 6.33. The van der Waals surface area contributed by atoms with Crippen molar-refractivity contribution in [2.45, 2.75) is 20.4 Å². The molecule has 0 atom stereocenters. The molecule has 0 radical (unpaired) electrons. The standard InChI is InChI=1S/C20H16ClN3O3/c1-11-4-6-17-13(7-11)19-14(20(26)27-17)9-22-24(19)10-18(25)23-16-5-3-12(2)8-15(16)21/h3-9H,10H2,1-2H3,(H,23,25). The lowest BCUT2D eigenvalue weighted by Gasteiger charge is -2.09. The first-order chi connectivity index (χ1) is 12.9. The molecular weight excluding hydrogens is 366 g/mol. The zero-order chi connectivity index (χ0) is 19.1. The quantitative estimate of drug-likeness (QED) is 0.543. The largest absolute Gasteiger partial charge is 0.422 e. The van der Waals surface area contributed by atoms with Gasteiger partial charge in [-0.2, -0.15) is 5.10 Å². The molecule has 136 valence electrons. The van der Waals surface area contributed by atoms with E-state index >= 15 is 0 Å². The van der Waals surface area contributed by atoms with Crippen LogP contribution in [-0.4, -0.2) is 15.7 Å². The van der Waals surface area contributed by atoms with Gasteiger partial charge < -0.3 is 9.73 Å². The Labute approximate surface area is 159 Å². The van der Waals surface area contributed by atoms with Crippen LogP contribution in [0.25, 0.3) is 21.9 Å². The second-order valence-corrected chi connectivity index (χ2v) is 6.89. The first kappa shape index (κ1) is 17.3. The van der Waals surface area contributed by atoms with Gasteiger partial charge in [-0.25, -0.2) is 4.79 Å². The normalized spacial score (nSPS) is 11.2. The summed E-state index contributed by atoms with van der Waals surface area (Å²) in [5, 5.41) is 8.55. The number of carbonyl (C=O) groups excluding carboxylic acids is 1. The molecule has 0 aliphatic heterocycles. The average molecular weight is 382 g/mol. The monoisotopic (exact) mass is 381 g/mol. The maximum absolute atomic E-state index is 12.5. The number of aromatic nitrogens is 2. The molecule has 0 spiro atoms. The minimum Gasteiger partial charge on any atom is -0.422 e. The second kappa shape index (κ2) is 6.55. The van der Waals surface area contributed by atoms with Crippen molar-refractivity contribution in [3.63, 3.8) is 0 Å². The van der Waals surface area contributed by atoms with Crippen LogP contribution in [0, 0.1) is 13.8 Å². The predicted octanol–water partition coefficient (Wildman–Crippen LogP) is 4.05. The maximum Gasteiger partial charge on any atom is 0.347 e. The first-order valence-corrected chi connectivity index (χ1v) is 8.75. The molecule has 2 aromatic heterocycles. The summed E-state index contributed by atoms with van der Waals surface area (Å²) in [6, 6.07) is 10.9. The van der Waals surface area contributed by atoms with Gasteiger partial charge in [-0.3, -0.25) is 9.48 Å². The van der Waals surface area contributed by atoms with E-state index in [4.69, 9.17) is 16.0 Å². The van der Waals surface area contributed by atoms with Crippen LogP contribution in [0.2, 0.25) is 5.02 Å². The van der Waals surface area contributed by atoms with E-state index in [2.05, 4.69) is 10.4 Å². The number of carbonyl (C=O) groups is 1. The van der Waals surface area contributed by atoms with Crippen LogP contribution in [0.4, 0.5) is 5.69 Å². The number of nitrogens with one attached hydrogen (secondary N) is 1. The number of aryl methyl sites for hydroxylation is 2. The number of halogens is 1. The molecule has 0 aliphatic rings. The lowest BCUT2D eigenvalue weighted by atomic mass is 10.1. The fraction of sp³-hybridized carbons (Fsp3) is 0.150. The summed E-state index contributed by atoms with van der Waals surface area (Å²) >= 11 is 6.18. The van der Waals surface area contributed by atoms with Gasteiger partial charge in [-0.1, -0.05) is 29.3 Å². The van der Waals surface area contributed by atoms with Crippen molar-refractivity contribution in [2.75, 3.05) is 5.32 Å². The molecule has 1 amide bonds. The number of amides is 1. The molecule has 7 heteroatoms. The van der Waals surface area contributed by atoms with E-state index in [9.17, 15) is 9.59 Å². The Morgan fingerprint density at radius 3 is 2.67 bits per heavy atom. The van der Waals surface area contributed by atoms with Gasteiger partial charge in [-0.05, 0) is 43.7 Å². The molecule has 0 saturated carbocycles. The molecule has 2 heterocycles. The van der Waals surface area contributed by atoms with Gasteiger partial charge in [0.1, 0.15) is 17.5 Å². The van der Waals surface area contributed by atoms with Crippen molar-refractivity contribution < 1.29 is 9.21 Å². The molecule has 0 bridgehead atoms. The Morgan fingerprint density at radius 1 is 1.15 bits per heavy atom. The van der Waals surface area contributed by atoms with Crippen molar-refractivity contribution in [3.05, 3.63) is 69.2 Å². The van der Waals surface area contributed by atoms with Crippen LogP contribution in [-0.2, 0) is 11.3 Å². The van der Waals surface area contributed by atoms with E-state index in [1.165, 1.54) is 10.9 Å². The van der Waals surface area contributed by atoms with E-state index in [0.717, 1.165) is 16.5 Å². The highest BCUT2D eigenvalue weighted by atomic mass is 35.5. The molecule has 4 rings (SSSR count). The van der Waals surface area contributed by atoms with Gasteiger partial charge in [0.05, 0.1) is 22.4 Å². The smallest absolute Gasteiger partial charge is 0.347 e. The summed E-state index contributed by atoms with van der Waals surface area (Å²) in [5.41, 5.74) is 3.11. The number of nitrogens with zero attached hydrogens (tertiary/aromatic N) is 2. The van der Waals surface area contributed by atoms with Crippen LogP contribution in [0.3, 0.4) is 0 Å². The summed E-state index contributed by atoms with van der Waals surface area (Å²) in [6.07, 6.45) is 1.43. The summed E-state index contributed by atoms with van der Waals surface area (Å²) < 4.78 is 6.85. The molecule has 6 nitrogen and oxygen atoms in total. The number of rotatable bonds is 3. The van der Waals surface area contributed by atoms with Gasteiger partial charge in [-0.15, -0.1) is 0 Å². The van der Waals surface area contributed by atoms with Crippen molar-refractivity contribution >= 4 is 45.1 Å². The number of anilines is 1. The molecular formula is C20H16ClN3O3. The second-order valence-electron chi connectivity index (χ2n) is 6.49. The Bertz CT molecular complexity index is 1260. The Balaban J connectivity index is 1.73. The van der Waals surface area contributed by atoms with Crippen LogP contribution >= 0.6 is 11.6 Å². The van der Waals surface area contributed by atoms with Crippen molar-refractivity contribution in [2.24, 2.45) is 0 Å². The molecule has 0 saturated heterocycles. The first-order valence-electron chi connectivity index (χ1n) is 8.37. The Hall–Kier alpha value is -3.12. The van der Waals surface area contributed by atoms with Gasteiger partial charge in [0.2, 0.25) is 5.91 Å². The topological polar surface area (TPSA) is 77.1 Å². The predicted molar refractivity (Wildman–Crippen MR) is 105 cm³/mol. The third-order valence-corrected chi connectivity index (χ3v) is 4.66. The number of benzene rings is 2. The van der Waals surface area contributed by atoms with Crippen molar-refractivity contribution in [1.29, 1.82) is 0 Å². The Morgan fingerprint density at radius 2 is 1.89 bits per heavy atom. The highest BCUT2D eigenvalue weighted by Gasteiger charge is 2.16. The van der Waals surface area contributed by atoms with E-state index in [1.807, 2.05) is 32.0 Å². The van der Waals surface area contributed by atoms with Gasteiger partial charge in [0, 0.05) is 5.39 Å². The van der Waals surface area contributed by atoms with E-state index in [-0.39, 0.29) is 12.5 Å².